The molecule has 1 fully saturated rings. The number of nitrogens with two attached hydrogens (primary N) is 1. The van der Waals surface area contributed by atoms with Gasteiger partial charge in [0.1, 0.15) is 0 Å². The Morgan fingerprint density at radius 1 is 1.32 bits per heavy atom. The van der Waals surface area contributed by atoms with Crippen molar-refractivity contribution in [2.75, 3.05) is 12.3 Å². The maximum absolute atomic E-state index is 12.0. The van der Waals surface area contributed by atoms with Gasteiger partial charge in [-0.2, -0.15) is 0 Å². The van der Waals surface area contributed by atoms with Gasteiger partial charge in [-0.3, -0.25) is 4.79 Å². The normalized spacial score (nSPS) is 17.7. The maximum atomic E-state index is 12.0. The zero-order valence-corrected chi connectivity index (χ0v) is 11.1. The highest BCUT2D eigenvalue weighted by molar-refractivity contribution is 7.89. The molecular weight excluding hydrogens is 268 g/mol. The van der Waals surface area contributed by atoms with Crippen molar-refractivity contribution < 1.29 is 18.3 Å². The molecule has 1 aliphatic carbocycles. The molecule has 0 radical (unpaired) electrons. The minimum Gasteiger partial charge on any atom is -0.481 e. The zero-order chi connectivity index (χ0) is 14.1. The van der Waals surface area contributed by atoms with Crippen LogP contribution in [0, 0.1) is 5.41 Å². The number of sulfonamides is 1. The zero-order valence-electron chi connectivity index (χ0n) is 10.3. The number of carbonyl (C=O) groups is 1. The van der Waals surface area contributed by atoms with Crippen LogP contribution in [-0.2, 0) is 14.8 Å². The molecule has 7 heteroatoms. The highest BCUT2D eigenvalue weighted by Crippen LogP contribution is 2.40. The van der Waals surface area contributed by atoms with Gasteiger partial charge in [-0.05, 0) is 37.1 Å². The SMILES string of the molecule is Nc1ccc(S(=O)(=O)NCC2(C(=O)O)CCC2)cc1. The number of anilines is 1. The molecule has 2 rings (SSSR count). The average molecular weight is 284 g/mol. The van der Waals surface area contributed by atoms with E-state index in [1.807, 2.05) is 0 Å². The Labute approximate surface area is 111 Å². The minimum absolute atomic E-state index is 0.0744. The summed E-state index contributed by atoms with van der Waals surface area (Å²) in [6, 6.07) is 5.77. The van der Waals surface area contributed by atoms with Gasteiger partial charge in [0.05, 0.1) is 10.3 Å². The van der Waals surface area contributed by atoms with Gasteiger partial charge in [-0.1, -0.05) is 6.42 Å². The lowest BCUT2D eigenvalue weighted by Crippen LogP contribution is -2.47. The Morgan fingerprint density at radius 3 is 2.32 bits per heavy atom. The van der Waals surface area contributed by atoms with E-state index in [1.165, 1.54) is 24.3 Å². The summed E-state index contributed by atoms with van der Waals surface area (Å²) in [6.07, 6.45) is 1.83. The Bertz CT molecular complexity index is 576. The lowest BCUT2D eigenvalue weighted by molar-refractivity contribution is -0.153. The molecule has 4 N–H and O–H groups in total. The minimum atomic E-state index is -3.69. The van der Waals surface area contributed by atoms with Crippen molar-refractivity contribution in [1.29, 1.82) is 0 Å². The first-order chi connectivity index (χ1) is 8.86. The highest BCUT2D eigenvalue weighted by Gasteiger charge is 2.44. The summed E-state index contributed by atoms with van der Waals surface area (Å²) < 4.78 is 26.4. The van der Waals surface area contributed by atoms with Crippen molar-refractivity contribution in [2.45, 2.75) is 24.2 Å². The number of nitrogen functional groups attached to an aromatic ring is 1. The van der Waals surface area contributed by atoms with Crippen LogP contribution in [0.15, 0.2) is 29.2 Å². The molecule has 1 aromatic rings. The second-order valence-electron chi connectivity index (χ2n) is 4.83. The van der Waals surface area contributed by atoms with E-state index >= 15 is 0 Å². The molecule has 0 aromatic heterocycles. The van der Waals surface area contributed by atoms with Crippen LogP contribution in [0.4, 0.5) is 5.69 Å². The third-order valence-corrected chi connectivity index (χ3v) is 4.97. The van der Waals surface area contributed by atoms with E-state index < -0.39 is 21.4 Å². The molecular formula is C12H16N2O4S. The van der Waals surface area contributed by atoms with E-state index in [9.17, 15) is 13.2 Å². The first-order valence-electron chi connectivity index (χ1n) is 5.94. The smallest absolute Gasteiger partial charge is 0.310 e. The van der Waals surface area contributed by atoms with Crippen LogP contribution in [0.25, 0.3) is 0 Å². The molecule has 0 amide bonds. The van der Waals surface area contributed by atoms with Crippen LogP contribution < -0.4 is 10.5 Å². The van der Waals surface area contributed by atoms with E-state index in [4.69, 9.17) is 10.8 Å². The Hall–Kier alpha value is -1.60. The molecule has 6 nitrogen and oxygen atoms in total. The molecule has 0 spiro atoms. The van der Waals surface area contributed by atoms with Crippen LogP contribution >= 0.6 is 0 Å². The van der Waals surface area contributed by atoms with Crippen molar-refractivity contribution in [2.24, 2.45) is 5.41 Å². The molecule has 104 valence electrons. The average Bonchev–Trinajstić information content (AvgIpc) is 2.27. The van der Waals surface area contributed by atoms with Crippen LogP contribution in [0.1, 0.15) is 19.3 Å². The third kappa shape index (κ3) is 2.71. The van der Waals surface area contributed by atoms with Crippen LogP contribution in [0.2, 0.25) is 0 Å². The lowest BCUT2D eigenvalue weighted by atomic mass is 9.69. The monoisotopic (exact) mass is 284 g/mol. The van der Waals surface area contributed by atoms with E-state index in [-0.39, 0.29) is 11.4 Å². The van der Waals surface area contributed by atoms with E-state index in [0.717, 1.165) is 6.42 Å². The fraction of sp³-hybridized carbons (Fsp3) is 0.417. The number of nitrogens with one attached hydrogen (secondary N) is 1. The predicted octanol–water partition coefficient (Wildman–Crippen LogP) is 0.802. The first-order valence-corrected chi connectivity index (χ1v) is 7.43. The number of carboxylic acids is 1. The summed E-state index contributed by atoms with van der Waals surface area (Å²) >= 11 is 0. The van der Waals surface area contributed by atoms with Gasteiger partial charge in [0.15, 0.2) is 0 Å². The number of hydrogen-bond donors (Lipinski definition) is 3. The Morgan fingerprint density at radius 2 is 1.89 bits per heavy atom. The topological polar surface area (TPSA) is 109 Å². The molecule has 1 saturated carbocycles. The second kappa shape index (κ2) is 4.82. The van der Waals surface area contributed by atoms with Crippen LogP contribution in [0.3, 0.4) is 0 Å². The van der Waals surface area contributed by atoms with Gasteiger partial charge in [-0.25, -0.2) is 13.1 Å². The molecule has 19 heavy (non-hydrogen) atoms. The van der Waals surface area contributed by atoms with Crippen LogP contribution in [0.5, 0.6) is 0 Å². The largest absolute Gasteiger partial charge is 0.481 e. The Balaban J connectivity index is 2.10. The second-order valence-corrected chi connectivity index (χ2v) is 6.60. The highest BCUT2D eigenvalue weighted by atomic mass is 32.2. The van der Waals surface area contributed by atoms with Gasteiger partial charge < -0.3 is 10.8 Å². The molecule has 0 heterocycles. The van der Waals surface area contributed by atoms with Gasteiger partial charge in [0.25, 0.3) is 0 Å². The number of rotatable bonds is 5. The summed E-state index contributed by atoms with van der Waals surface area (Å²) in [5.41, 5.74) is 5.02. The van der Waals surface area contributed by atoms with Crippen molar-refractivity contribution in [3.63, 3.8) is 0 Å². The van der Waals surface area contributed by atoms with Crippen molar-refractivity contribution >= 4 is 21.7 Å². The van der Waals surface area contributed by atoms with Gasteiger partial charge in [0, 0.05) is 12.2 Å². The summed E-state index contributed by atoms with van der Waals surface area (Å²) in [6.45, 7) is -0.0744. The summed E-state index contributed by atoms with van der Waals surface area (Å²) in [5.74, 6) is -0.946. The standard InChI is InChI=1S/C12H16N2O4S/c13-9-2-4-10(5-3-9)19(17,18)14-8-12(11(15)16)6-1-7-12/h2-5,14H,1,6-8,13H2,(H,15,16). The molecule has 0 unspecified atom stereocenters. The van der Waals surface area contributed by atoms with Crippen molar-refractivity contribution in [3.8, 4) is 0 Å². The molecule has 0 bridgehead atoms. The number of hydrogen-bond acceptors (Lipinski definition) is 4. The quantitative estimate of drug-likeness (QED) is 0.693. The summed E-state index contributed by atoms with van der Waals surface area (Å²) in [4.78, 5) is 11.2. The fourth-order valence-corrected chi connectivity index (χ4v) is 3.16. The summed E-state index contributed by atoms with van der Waals surface area (Å²) in [5, 5.41) is 9.14. The van der Waals surface area contributed by atoms with E-state index in [2.05, 4.69) is 4.72 Å². The Kier molecular flexibility index (Phi) is 3.51. The van der Waals surface area contributed by atoms with Crippen LogP contribution in [-0.4, -0.2) is 26.0 Å². The van der Waals surface area contributed by atoms with Crippen molar-refractivity contribution in [3.05, 3.63) is 24.3 Å². The molecule has 0 saturated heterocycles. The number of carboxylic acid groups (broad SMARTS) is 1. The number of aliphatic carboxylic acids is 1. The van der Waals surface area contributed by atoms with Gasteiger partial charge in [0.2, 0.25) is 10.0 Å². The van der Waals surface area contributed by atoms with Gasteiger partial charge in [-0.15, -0.1) is 0 Å². The molecule has 0 aliphatic heterocycles. The maximum Gasteiger partial charge on any atom is 0.310 e. The molecule has 1 aliphatic rings. The molecule has 1 aromatic carbocycles. The predicted molar refractivity (Wildman–Crippen MR) is 70.0 cm³/mol. The summed E-state index contributed by atoms with van der Waals surface area (Å²) in [7, 11) is -3.69. The molecule has 0 atom stereocenters. The van der Waals surface area contributed by atoms with Crippen molar-refractivity contribution in [1.82, 2.24) is 4.72 Å². The lowest BCUT2D eigenvalue weighted by Gasteiger charge is -2.37. The third-order valence-electron chi connectivity index (χ3n) is 3.56. The van der Waals surface area contributed by atoms with Gasteiger partial charge >= 0.3 is 5.97 Å². The van der Waals surface area contributed by atoms with E-state index in [0.29, 0.717) is 18.5 Å². The first kappa shape index (κ1) is 13.8. The fourth-order valence-electron chi connectivity index (χ4n) is 2.03. The number of benzene rings is 1. The van der Waals surface area contributed by atoms with E-state index in [1.54, 1.807) is 0 Å².